The van der Waals surface area contributed by atoms with Crippen molar-refractivity contribution in [2.24, 2.45) is 17.8 Å². The van der Waals surface area contributed by atoms with Gasteiger partial charge in [-0.1, -0.05) is 285 Å². The Morgan fingerprint density at radius 1 is 0.341 bits per heavy atom. The summed E-state index contributed by atoms with van der Waals surface area (Å²) >= 11 is 0. The van der Waals surface area contributed by atoms with Crippen molar-refractivity contribution >= 4 is 39.5 Å². The molecule has 0 aromatic heterocycles. The normalized spacial score (nSPS) is 14.3. The second kappa shape index (κ2) is 62.4. The number of aliphatic hydroxyl groups excluding tert-OH is 1. The lowest BCUT2D eigenvalue weighted by Crippen LogP contribution is -2.30. The Morgan fingerprint density at radius 2 is 0.593 bits per heavy atom. The van der Waals surface area contributed by atoms with Gasteiger partial charge in [0.05, 0.1) is 26.4 Å². The maximum absolute atomic E-state index is 13.0. The third-order valence-electron chi connectivity index (χ3n) is 16.0. The van der Waals surface area contributed by atoms with Gasteiger partial charge in [0, 0.05) is 25.7 Å². The van der Waals surface area contributed by atoms with E-state index >= 15 is 0 Å². The lowest BCUT2D eigenvalue weighted by atomic mass is 10.0. The molecule has 0 radical (unpaired) electrons. The van der Waals surface area contributed by atoms with Crippen molar-refractivity contribution in [2.45, 2.75) is 356 Å². The van der Waals surface area contributed by atoms with E-state index in [1.807, 2.05) is 0 Å². The highest BCUT2D eigenvalue weighted by molar-refractivity contribution is 7.47. The Bertz CT molecular complexity index is 1880. The van der Waals surface area contributed by atoms with Gasteiger partial charge in [-0.15, -0.1) is 0 Å². The number of allylic oxidation sites excluding steroid dienone is 4. The third kappa shape index (κ3) is 66.0. The number of hydrogen-bond donors (Lipinski definition) is 3. The Balaban J connectivity index is 5.27. The van der Waals surface area contributed by atoms with E-state index in [4.69, 9.17) is 37.0 Å². The number of unbranched alkanes of at least 4 members (excludes halogenated alkanes) is 33. The topological polar surface area (TPSA) is 237 Å². The monoisotopic (exact) mass is 1330 g/mol. The van der Waals surface area contributed by atoms with Crippen LogP contribution in [-0.4, -0.2) is 96.7 Å². The molecule has 0 saturated carbocycles. The standard InChI is InChI=1S/C72H136O17P2/c1-8-9-10-11-12-13-14-15-16-19-22-25-32-41-48-55-71(76)88-67(59-82-69(74)53-46-39-34-27-30-37-44-51-64(4)5)61-86-90(78,79)84-57-66(73)58-85-91(80,81)87-62-68(60-83-70(75)54-47-40-35-28-31-38-45-52-65(6)7)89-72(77)56-49-42-33-26-23-20-17-18-21-24-29-36-43-50-63(2)3/h13-16,63-68,73H,8-12,17-62H2,1-7H3,(H,78,79)(H,80,81)/b14-13-,16-15-/t66?,67-,68-/m1/s1. The van der Waals surface area contributed by atoms with Crippen molar-refractivity contribution in [3.63, 3.8) is 0 Å². The fourth-order valence-corrected chi connectivity index (χ4v) is 11.9. The summed E-state index contributed by atoms with van der Waals surface area (Å²) in [6.45, 7) is 11.7. The maximum atomic E-state index is 13.0. The van der Waals surface area contributed by atoms with Crippen LogP contribution in [0.15, 0.2) is 24.3 Å². The number of hydrogen-bond acceptors (Lipinski definition) is 15. The molecule has 536 valence electrons. The van der Waals surface area contributed by atoms with Crippen LogP contribution in [0.25, 0.3) is 0 Å². The van der Waals surface area contributed by atoms with Crippen LogP contribution in [0.4, 0.5) is 0 Å². The van der Waals surface area contributed by atoms with Crippen molar-refractivity contribution in [2.75, 3.05) is 39.6 Å². The molecule has 0 fully saturated rings. The van der Waals surface area contributed by atoms with Gasteiger partial charge in [0.15, 0.2) is 12.2 Å². The highest BCUT2D eigenvalue weighted by Gasteiger charge is 2.30. The van der Waals surface area contributed by atoms with Gasteiger partial charge in [-0.05, 0) is 69.1 Å². The molecule has 3 N–H and O–H groups in total. The number of ether oxygens (including phenoxy) is 4. The molecule has 0 aliphatic heterocycles. The van der Waals surface area contributed by atoms with Crippen LogP contribution in [-0.2, 0) is 65.4 Å². The summed E-state index contributed by atoms with van der Waals surface area (Å²) in [5.41, 5.74) is 0. The van der Waals surface area contributed by atoms with Crippen molar-refractivity contribution in [1.29, 1.82) is 0 Å². The number of phosphoric acid groups is 2. The first kappa shape index (κ1) is 88.5. The molecule has 0 aliphatic carbocycles. The van der Waals surface area contributed by atoms with Gasteiger partial charge in [0.1, 0.15) is 19.3 Å². The molecule has 19 heteroatoms. The minimum Gasteiger partial charge on any atom is -0.462 e. The summed E-state index contributed by atoms with van der Waals surface area (Å²) in [5.74, 6) is 0.0339. The van der Waals surface area contributed by atoms with Gasteiger partial charge in [0.2, 0.25) is 0 Å². The maximum Gasteiger partial charge on any atom is 0.472 e. The predicted molar refractivity (Wildman–Crippen MR) is 367 cm³/mol. The fraction of sp³-hybridized carbons (Fsp3) is 0.889. The van der Waals surface area contributed by atoms with E-state index in [9.17, 15) is 43.2 Å². The zero-order valence-corrected chi connectivity index (χ0v) is 60.6. The Labute approximate surface area is 554 Å². The number of phosphoric ester groups is 2. The van der Waals surface area contributed by atoms with Crippen LogP contribution < -0.4 is 0 Å². The van der Waals surface area contributed by atoms with Crippen LogP contribution in [0, 0.1) is 17.8 Å². The second-order valence-corrected chi connectivity index (χ2v) is 29.6. The van der Waals surface area contributed by atoms with Gasteiger partial charge in [-0.3, -0.25) is 37.3 Å². The summed E-state index contributed by atoms with van der Waals surface area (Å²) in [6.07, 6.45) is 49.6. The molecule has 5 atom stereocenters. The fourth-order valence-electron chi connectivity index (χ4n) is 10.4. The highest BCUT2D eigenvalue weighted by Crippen LogP contribution is 2.45. The van der Waals surface area contributed by atoms with E-state index in [-0.39, 0.29) is 25.7 Å². The van der Waals surface area contributed by atoms with E-state index < -0.39 is 97.5 Å². The van der Waals surface area contributed by atoms with E-state index in [2.05, 4.69) is 72.8 Å². The first-order chi connectivity index (χ1) is 43.7. The van der Waals surface area contributed by atoms with Crippen molar-refractivity contribution in [3.05, 3.63) is 24.3 Å². The van der Waals surface area contributed by atoms with Crippen molar-refractivity contribution in [1.82, 2.24) is 0 Å². The smallest absolute Gasteiger partial charge is 0.462 e. The molecule has 0 saturated heterocycles. The number of carbonyl (C=O) groups excluding carboxylic acids is 4. The molecule has 0 bridgehead atoms. The average Bonchev–Trinajstić information content (AvgIpc) is 3.24. The molecule has 0 aliphatic rings. The number of rotatable bonds is 68. The first-order valence-corrected chi connectivity index (χ1v) is 39.7. The Hall–Kier alpha value is -2.46. The van der Waals surface area contributed by atoms with Crippen molar-refractivity contribution < 1.29 is 80.2 Å². The van der Waals surface area contributed by atoms with Crippen LogP contribution in [0.3, 0.4) is 0 Å². The van der Waals surface area contributed by atoms with Crippen LogP contribution >= 0.6 is 15.6 Å². The third-order valence-corrected chi connectivity index (χ3v) is 17.9. The second-order valence-electron chi connectivity index (χ2n) is 26.7. The lowest BCUT2D eigenvalue weighted by molar-refractivity contribution is -0.161. The van der Waals surface area contributed by atoms with Crippen molar-refractivity contribution in [3.8, 4) is 0 Å². The van der Waals surface area contributed by atoms with E-state index in [0.717, 1.165) is 121 Å². The highest BCUT2D eigenvalue weighted by atomic mass is 31.2. The predicted octanol–water partition coefficient (Wildman–Crippen LogP) is 20.2. The van der Waals surface area contributed by atoms with E-state index in [1.165, 1.54) is 122 Å². The average molecular weight is 1340 g/mol. The van der Waals surface area contributed by atoms with Gasteiger partial charge >= 0.3 is 39.5 Å². The Morgan fingerprint density at radius 3 is 0.890 bits per heavy atom. The van der Waals surface area contributed by atoms with Gasteiger partial charge < -0.3 is 33.8 Å². The number of aliphatic hydroxyl groups is 1. The Kier molecular flexibility index (Phi) is 60.7. The molecule has 0 aromatic rings. The molecule has 0 rings (SSSR count). The van der Waals surface area contributed by atoms with E-state index in [1.54, 1.807) is 0 Å². The molecular formula is C72H136O17P2. The number of carbonyl (C=O) groups is 4. The van der Waals surface area contributed by atoms with Gasteiger partial charge in [0.25, 0.3) is 0 Å². The summed E-state index contributed by atoms with van der Waals surface area (Å²) in [7, 11) is -9.92. The molecule has 0 aromatic carbocycles. The van der Waals surface area contributed by atoms with Crippen LogP contribution in [0.1, 0.15) is 337 Å². The van der Waals surface area contributed by atoms with Crippen LogP contribution in [0.5, 0.6) is 0 Å². The minimum atomic E-state index is -4.96. The molecular weight excluding hydrogens is 1200 g/mol. The van der Waals surface area contributed by atoms with Gasteiger partial charge in [-0.2, -0.15) is 0 Å². The lowest BCUT2D eigenvalue weighted by Gasteiger charge is -2.21. The summed E-state index contributed by atoms with van der Waals surface area (Å²) < 4.78 is 68.3. The summed E-state index contributed by atoms with van der Waals surface area (Å²) in [4.78, 5) is 72.6. The number of esters is 4. The van der Waals surface area contributed by atoms with Crippen LogP contribution in [0.2, 0.25) is 0 Å². The molecule has 17 nitrogen and oxygen atoms in total. The molecule has 91 heavy (non-hydrogen) atoms. The summed E-state index contributed by atoms with van der Waals surface area (Å²) in [6, 6.07) is 0. The minimum absolute atomic E-state index is 0.0838. The first-order valence-electron chi connectivity index (χ1n) is 36.7. The molecule has 0 amide bonds. The zero-order valence-electron chi connectivity index (χ0n) is 58.8. The molecule has 0 heterocycles. The van der Waals surface area contributed by atoms with Gasteiger partial charge in [-0.25, -0.2) is 9.13 Å². The SMILES string of the molecule is CCCCCC/C=C\C=C/CCCCCCCC(=O)O[C@H](COC(=O)CCCCCCCCCC(C)C)COP(=O)(O)OCC(O)COP(=O)(O)OC[C@@H](COC(=O)CCCCCCCCCC(C)C)OC(=O)CCCCCCCCCCCCCCCC(C)C. The molecule has 0 spiro atoms. The zero-order chi connectivity index (χ0) is 67.3. The van der Waals surface area contributed by atoms with E-state index in [0.29, 0.717) is 37.5 Å². The quantitative estimate of drug-likeness (QED) is 0.0169. The largest absolute Gasteiger partial charge is 0.472 e. The summed E-state index contributed by atoms with van der Waals surface area (Å²) in [5, 5.41) is 10.6. The molecule has 3 unspecified atom stereocenters.